The zero-order valence-electron chi connectivity index (χ0n) is 14.4. The number of urea groups is 1. The number of methoxy groups -OCH3 is 1. The van der Waals surface area contributed by atoms with Gasteiger partial charge in [-0.15, -0.1) is 0 Å². The molecule has 1 unspecified atom stereocenters. The first-order valence-corrected chi connectivity index (χ1v) is 8.48. The molecule has 2 N–H and O–H groups in total. The van der Waals surface area contributed by atoms with Crippen LogP contribution < -0.4 is 15.4 Å². The lowest BCUT2D eigenvalue weighted by Gasteiger charge is -2.28. The molecular formula is C17H20Cl2N2O4. The smallest absolute Gasteiger partial charge is 0.337 e. The third-order valence-electron chi connectivity index (χ3n) is 3.59. The van der Waals surface area contributed by atoms with Crippen molar-refractivity contribution >= 4 is 35.2 Å². The summed E-state index contributed by atoms with van der Waals surface area (Å²) in [5.74, 6) is 0.135. The van der Waals surface area contributed by atoms with E-state index in [-0.39, 0.29) is 5.57 Å². The number of halogens is 2. The Hall–Kier alpha value is -1.92. The molecule has 6 nitrogen and oxygen atoms in total. The molecule has 0 saturated heterocycles. The number of carbonyl (C=O) groups is 2. The highest BCUT2D eigenvalue weighted by molar-refractivity contribution is 6.37. The molecule has 0 aliphatic carbocycles. The lowest BCUT2D eigenvalue weighted by Crippen LogP contribution is -2.45. The maximum absolute atomic E-state index is 12.1. The Morgan fingerprint density at radius 2 is 1.88 bits per heavy atom. The molecule has 0 radical (unpaired) electrons. The Morgan fingerprint density at radius 3 is 2.40 bits per heavy atom. The van der Waals surface area contributed by atoms with E-state index < -0.39 is 18.0 Å². The van der Waals surface area contributed by atoms with Crippen molar-refractivity contribution in [3.05, 3.63) is 39.0 Å². The van der Waals surface area contributed by atoms with Crippen LogP contribution in [-0.2, 0) is 9.53 Å². The van der Waals surface area contributed by atoms with E-state index in [4.69, 9.17) is 32.7 Å². The summed E-state index contributed by atoms with van der Waals surface area (Å²) in [6.45, 7) is 6.12. The van der Waals surface area contributed by atoms with Gasteiger partial charge in [-0.1, -0.05) is 37.0 Å². The van der Waals surface area contributed by atoms with E-state index in [0.717, 1.165) is 0 Å². The van der Waals surface area contributed by atoms with Gasteiger partial charge in [-0.05, 0) is 30.5 Å². The van der Waals surface area contributed by atoms with Gasteiger partial charge in [-0.3, -0.25) is 0 Å². The molecule has 1 aliphatic rings. The van der Waals surface area contributed by atoms with Crippen molar-refractivity contribution in [2.24, 2.45) is 5.92 Å². The molecule has 2 amide bonds. The van der Waals surface area contributed by atoms with Crippen molar-refractivity contribution in [3.8, 4) is 5.75 Å². The number of ether oxygens (including phenoxy) is 2. The topological polar surface area (TPSA) is 76.7 Å². The van der Waals surface area contributed by atoms with Gasteiger partial charge < -0.3 is 20.1 Å². The van der Waals surface area contributed by atoms with Crippen molar-refractivity contribution in [1.82, 2.24) is 10.6 Å². The molecule has 1 aromatic rings. The molecule has 136 valence electrons. The van der Waals surface area contributed by atoms with Gasteiger partial charge in [0, 0.05) is 5.70 Å². The Kier molecular flexibility index (Phi) is 6.19. The summed E-state index contributed by atoms with van der Waals surface area (Å²) in [5.41, 5.74) is 1.25. The first-order chi connectivity index (χ1) is 11.7. The second-order valence-electron chi connectivity index (χ2n) is 6.08. The summed E-state index contributed by atoms with van der Waals surface area (Å²) in [7, 11) is 1.28. The second kappa shape index (κ2) is 7.97. The minimum Gasteiger partial charge on any atom is -0.490 e. The maximum atomic E-state index is 12.1. The first-order valence-electron chi connectivity index (χ1n) is 7.73. The highest BCUT2D eigenvalue weighted by Crippen LogP contribution is 2.38. The van der Waals surface area contributed by atoms with Crippen molar-refractivity contribution in [2.45, 2.75) is 26.8 Å². The largest absolute Gasteiger partial charge is 0.490 e. The molecule has 2 rings (SSSR count). The number of amides is 2. The molecule has 0 saturated carbocycles. The fraction of sp³-hybridized carbons (Fsp3) is 0.412. The molecule has 1 aliphatic heterocycles. The number of nitrogens with one attached hydrogen (secondary N) is 2. The van der Waals surface area contributed by atoms with Crippen molar-refractivity contribution < 1.29 is 19.1 Å². The van der Waals surface area contributed by atoms with E-state index in [1.807, 2.05) is 13.8 Å². The van der Waals surface area contributed by atoms with Gasteiger partial charge in [0.25, 0.3) is 0 Å². The fourth-order valence-electron chi connectivity index (χ4n) is 2.46. The van der Waals surface area contributed by atoms with Crippen LogP contribution in [0.15, 0.2) is 23.4 Å². The number of esters is 1. The number of allylic oxidation sites excluding steroid dienone is 1. The lowest BCUT2D eigenvalue weighted by molar-refractivity contribution is -0.136. The first kappa shape index (κ1) is 19.4. The normalized spacial score (nSPS) is 17.2. The predicted molar refractivity (Wildman–Crippen MR) is 95.9 cm³/mol. The van der Waals surface area contributed by atoms with Crippen LogP contribution in [0.25, 0.3) is 0 Å². The SMILES string of the molecule is COC(=O)C1=C(C)NC(=O)NC1c1cc(Cl)c(OCC(C)C)c(Cl)c1. The summed E-state index contributed by atoms with van der Waals surface area (Å²) >= 11 is 12.6. The maximum Gasteiger partial charge on any atom is 0.337 e. The van der Waals surface area contributed by atoms with Crippen LogP contribution >= 0.6 is 23.2 Å². The van der Waals surface area contributed by atoms with Crippen LogP contribution in [0.4, 0.5) is 4.79 Å². The minimum atomic E-state index is -0.727. The lowest BCUT2D eigenvalue weighted by atomic mass is 9.95. The van der Waals surface area contributed by atoms with E-state index in [9.17, 15) is 9.59 Å². The molecule has 8 heteroatoms. The van der Waals surface area contributed by atoms with Gasteiger partial charge in [0.15, 0.2) is 5.75 Å². The van der Waals surface area contributed by atoms with E-state index >= 15 is 0 Å². The third-order valence-corrected chi connectivity index (χ3v) is 4.15. The summed E-state index contributed by atoms with van der Waals surface area (Å²) in [5, 5.41) is 5.85. The minimum absolute atomic E-state index is 0.282. The predicted octanol–water partition coefficient (Wildman–Crippen LogP) is 3.83. The Labute approximate surface area is 156 Å². The number of hydrogen-bond donors (Lipinski definition) is 2. The summed E-state index contributed by atoms with van der Waals surface area (Å²) in [6, 6.07) is 2.09. The highest BCUT2D eigenvalue weighted by atomic mass is 35.5. The monoisotopic (exact) mass is 386 g/mol. The summed E-state index contributed by atoms with van der Waals surface area (Å²) in [4.78, 5) is 23.9. The summed E-state index contributed by atoms with van der Waals surface area (Å²) in [6.07, 6.45) is 0. The Balaban J connectivity index is 2.44. The third kappa shape index (κ3) is 4.38. The molecule has 0 fully saturated rings. The Morgan fingerprint density at radius 1 is 1.28 bits per heavy atom. The standard InChI is InChI=1S/C17H20Cl2N2O4/c1-8(2)7-25-15-11(18)5-10(6-12(15)19)14-13(16(22)24-4)9(3)20-17(23)21-14/h5-6,8,14H,7H2,1-4H3,(H2,20,21,23). The summed E-state index contributed by atoms with van der Waals surface area (Å²) < 4.78 is 10.5. The zero-order valence-corrected chi connectivity index (χ0v) is 15.9. The average molecular weight is 387 g/mol. The molecule has 1 atom stereocenters. The number of hydrogen-bond acceptors (Lipinski definition) is 4. The molecular weight excluding hydrogens is 367 g/mol. The van der Waals surface area contributed by atoms with Crippen molar-refractivity contribution in [2.75, 3.05) is 13.7 Å². The van der Waals surface area contributed by atoms with E-state index in [0.29, 0.717) is 39.6 Å². The molecule has 0 bridgehead atoms. The number of carbonyl (C=O) groups excluding carboxylic acids is 2. The zero-order chi connectivity index (χ0) is 18.7. The Bertz CT molecular complexity index is 708. The van der Waals surface area contributed by atoms with Gasteiger partial charge in [-0.2, -0.15) is 0 Å². The molecule has 0 aromatic heterocycles. The fourth-order valence-corrected chi connectivity index (χ4v) is 3.07. The highest BCUT2D eigenvalue weighted by Gasteiger charge is 2.32. The number of rotatable bonds is 5. The molecule has 1 heterocycles. The van der Waals surface area contributed by atoms with Crippen molar-refractivity contribution in [1.29, 1.82) is 0 Å². The van der Waals surface area contributed by atoms with Crippen molar-refractivity contribution in [3.63, 3.8) is 0 Å². The molecule has 1 aromatic carbocycles. The van der Waals surface area contributed by atoms with Gasteiger partial charge in [0.2, 0.25) is 0 Å². The van der Waals surface area contributed by atoms with Crippen LogP contribution in [0.5, 0.6) is 5.75 Å². The van der Waals surface area contributed by atoms with Gasteiger partial charge in [-0.25, -0.2) is 9.59 Å². The molecule has 25 heavy (non-hydrogen) atoms. The van der Waals surface area contributed by atoms with Crippen LogP contribution in [0.2, 0.25) is 10.0 Å². The van der Waals surface area contributed by atoms with Crippen LogP contribution in [-0.4, -0.2) is 25.7 Å². The van der Waals surface area contributed by atoms with E-state index in [1.54, 1.807) is 19.1 Å². The van der Waals surface area contributed by atoms with Gasteiger partial charge in [0.1, 0.15) is 0 Å². The van der Waals surface area contributed by atoms with Crippen LogP contribution in [0.3, 0.4) is 0 Å². The quantitative estimate of drug-likeness (QED) is 0.753. The number of benzene rings is 1. The van der Waals surface area contributed by atoms with E-state index in [2.05, 4.69) is 10.6 Å². The van der Waals surface area contributed by atoms with Crippen LogP contribution in [0.1, 0.15) is 32.4 Å². The molecule has 0 spiro atoms. The second-order valence-corrected chi connectivity index (χ2v) is 6.89. The average Bonchev–Trinajstić information content (AvgIpc) is 2.52. The van der Waals surface area contributed by atoms with E-state index in [1.165, 1.54) is 7.11 Å². The van der Waals surface area contributed by atoms with Gasteiger partial charge in [0.05, 0.1) is 35.4 Å². The van der Waals surface area contributed by atoms with Gasteiger partial charge >= 0.3 is 12.0 Å². The van der Waals surface area contributed by atoms with Crippen LogP contribution in [0, 0.1) is 5.92 Å².